The molecule has 5 nitrogen and oxygen atoms in total. The summed E-state index contributed by atoms with van der Waals surface area (Å²) in [5.74, 6) is -0.0989. The van der Waals surface area contributed by atoms with E-state index in [4.69, 9.17) is 9.84 Å². The number of likely N-dealkylation sites (N-methyl/N-ethyl adjacent to an activating group) is 2. The Bertz CT molecular complexity index is 378. The van der Waals surface area contributed by atoms with E-state index in [2.05, 4.69) is 10.6 Å². The SMILES string of the molecule is CCOc1ccc(C(NC)C(NC)C(=O)O)cc1. The van der Waals surface area contributed by atoms with Crippen molar-refractivity contribution in [2.45, 2.75) is 19.0 Å². The Morgan fingerprint density at radius 2 is 1.89 bits per heavy atom. The first-order valence-corrected chi connectivity index (χ1v) is 5.94. The number of aliphatic carboxylic acids is 1. The van der Waals surface area contributed by atoms with Crippen molar-refractivity contribution in [3.63, 3.8) is 0 Å². The fourth-order valence-electron chi connectivity index (χ4n) is 1.90. The van der Waals surface area contributed by atoms with Crippen molar-refractivity contribution in [2.75, 3.05) is 20.7 Å². The van der Waals surface area contributed by atoms with Gasteiger partial charge in [0.15, 0.2) is 0 Å². The predicted molar refractivity (Wildman–Crippen MR) is 69.9 cm³/mol. The van der Waals surface area contributed by atoms with Crippen LogP contribution in [0.25, 0.3) is 0 Å². The molecular weight excluding hydrogens is 232 g/mol. The number of hydrogen-bond donors (Lipinski definition) is 3. The largest absolute Gasteiger partial charge is 0.494 e. The monoisotopic (exact) mass is 252 g/mol. The maximum atomic E-state index is 11.1. The summed E-state index contributed by atoms with van der Waals surface area (Å²) < 4.78 is 5.36. The molecule has 0 aliphatic heterocycles. The van der Waals surface area contributed by atoms with Gasteiger partial charge in [-0.2, -0.15) is 0 Å². The Labute approximate surface area is 107 Å². The molecule has 1 aromatic carbocycles. The van der Waals surface area contributed by atoms with E-state index < -0.39 is 12.0 Å². The third-order valence-electron chi connectivity index (χ3n) is 2.77. The van der Waals surface area contributed by atoms with Gasteiger partial charge in [-0.15, -0.1) is 0 Å². The van der Waals surface area contributed by atoms with Crippen molar-refractivity contribution in [3.05, 3.63) is 29.8 Å². The molecule has 5 heteroatoms. The Kier molecular flexibility index (Phi) is 5.61. The van der Waals surface area contributed by atoms with Gasteiger partial charge in [0.1, 0.15) is 11.8 Å². The van der Waals surface area contributed by atoms with Gasteiger partial charge in [-0.3, -0.25) is 4.79 Å². The van der Waals surface area contributed by atoms with Crippen LogP contribution in [0.5, 0.6) is 5.75 Å². The highest BCUT2D eigenvalue weighted by Gasteiger charge is 2.26. The minimum absolute atomic E-state index is 0.289. The Morgan fingerprint density at radius 3 is 2.28 bits per heavy atom. The van der Waals surface area contributed by atoms with Crippen molar-refractivity contribution in [1.29, 1.82) is 0 Å². The normalized spacial score (nSPS) is 13.9. The summed E-state index contributed by atoms with van der Waals surface area (Å²) in [4.78, 5) is 11.1. The summed E-state index contributed by atoms with van der Waals surface area (Å²) >= 11 is 0. The number of carboxylic acids is 1. The fraction of sp³-hybridized carbons (Fsp3) is 0.462. The van der Waals surface area contributed by atoms with E-state index in [0.29, 0.717) is 6.61 Å². The lowest BCUT2D eigenvalue weighted by molar-refractivity contribution is -0.140. The molecule has 0 amide bonds. The second kappa shape index (κ2) is 6.98. The van der Waals surface area contributed by atoms with Crippen LogP contribution in [0.4, 0.5) is 0 Å². The Morgan fingerprint density at radius 1 is 1.28 bits per heavy atom. The zero-order valence-corrected chi connectivity index (χ0v) is 10.9. The fourth-order valence-corrected chi connectivity index (χ4v) is 1.90. The minimum atomic E-state index is -0.884. The average molecular weight is 252 g/mol. The van der Waals surface area contributed by atoms with Crippen molar-refractivity contribution < 1.29 is 14.6 Å². The van der Waals surface area contributed by atoms with E-state index in [1.165, 1.54) is 0 Å². The van der Waals surface area contributed by atoms with Crippen LogP contribution in [0.1, 0.15) is 18.5 Å². The van der Waals surface area contributed by atoms with Crippen LogP contribution in [-0.2, 0) is 4.79 Å². The first kappa shape index (κ1) is 14.5. The molecule has 0 aliphatic carbocycles. The molecule has 0 saturated heterocycles. The van der Waals surface area contributed by atoms with Gasteiger partial charge in [0.25, 0.3) is 0 Å². The van der Waals surface area contributed by atoms with E-state index >= 15 is 0 Å². The molecule has 2 unspecified atom stereocenters. The third-order valence-corrected chi connectivity index (χ3v) is 2.77. The number of benzene rings is 1. The maximum absolute atomic E-state index is 11.1. The second-order valence-corrected chi connectivity index (χ2v) is 3.87. The first-order chi connectivity index (χ1) is 8.63. The second-order valence-electron chi connectivity index (χ2n) is 3.87. The van der Waals surface area contributed by atoms with Crippen LogP contribution in [0.2, 0.25) is 0 Å². The Hall–Kier alpha value is -1.59. The van der Waals surface area contributed by atoms with E-state index in [1.807, 2.05) is 31.2 Å². The van der Waals surface area contributed by atoms with E-state index in [1.54, 1.807) is 14.1 Å². The molecule has 0 fully saturated rings. The van der Waals surface area contributed by atoms with E-state index in [9.17, 15) is 4.79 Å². The summed E-state index contributed by atoms with van der Waals surface area (Å²) in [6.07, 6.45) is 0. The summed E-state index contributed by atoms with van der Waals surface area (Å²) in [7, 11) is 3.38. The van der Waals surface area contributed by atoms with Crippen molar-refractivity contribution in [1.82, 2.24) is 10.6 Å². The zero-order chi connectivity index (χ0) is 13.5. The molecular formula is C13H20N2O3. The van der Waals surface area contributed by atoms with Gasteiger partial charge >= 0.3 is 5.97 Å². The molecule has 0 bridgehead atoms. The summed E-state index contributed by atoms with van der Waals surface area (Å²) in [5.41, 5.74) is 0.905. The number of nitrogens with one attached hydrogen (secondary N) is 2. The number of ether oxygens (including phenoxy) is 1. The minimum Gasteiger partial charge on any atom is -0.494 e. The van der Waals surface area contributed by atoms with Crippen molar-refractivity contribution >= 4 is 5.97 Å². The van der Waals surface area contributed by atoms with Gasteiger partial charge in [0.05, 0.1) is 12.6 Å². The highest BCUT2D eigenvalue weighted by molar-refractivity contribution is 5.74. The van der Waals surface area contributed by atoms with Gasteiger partial charge in [-0.05, 0) is 38.7 Å². The molecule has 18 heavy (non-hydrogen) atoms. The Balaban J connectivity index is 2.90. The molecule has 0 aliphatic rings. The predicted octanol–water partition coefficient (Wildman–Crippen LogP) is 1.02. The van der Waals surface area contributed by atoms with Crippen molar-refractivity contribution in [2.24, 2.45) is 0 Å². The lowest BCUT2D eigenvalue weighted by atomic mass is 9.99. The zero-order valence-electron chi connectivity index (χ0n) is 10.9. The average Bonchev–Trinajstić information content (AvgIpc) is 2.37. The topological polar surface area (TPSA) is 70.6 Å². The molecule has 2 atom stereocenters. The highest BCUT2D eigenvalue weighted by Crippen LogP contribution is 2.20. The standard InChI is InChI=1S/C13H20N2O3/c1-4-18-10-7-5-9(6-8-10)11(14-2)12(15-3)13(16)17/h5-8,11-12,14-15H,4H2,1-3H3,(H,16,17). The van der Waals surface area contributed by atoms with Crippen LogP contribution >= 0.6 is 0 Å². The summed E-state index contributed by atoms with van der Waals surface area (Å²) in [5, 5.41) is 15.0. The first-order valence-electron chi connectivity index (χ1n) is 5.94. The van der Waals surface area contributed by atoms with Crippen LogP contribution in [0.3, 0.4) is 0 Å². The quantitative estimate of drug-likeness (QED) is 0.676. The lowest BCUT2D eigenvalue weighted by Gasteiger charge is -2.23. The molecule has 1 aromatic rings. The van der Waals surface area contributed by atoms with Crippen molar-refractivity contribution in [3.8, 4) is 5.75 Å². The van der Waals surface area contributed by atoms with Gasteiger partial charge < -0.3 is 20.5 Å². The van der Waals surface area contributed by atoms with Gasteiger partial charge in [-0.25, -0.2) is 0 Å². The van der Waals surface area contributed by atoms with E-state index in [0.717, 1.165) is 11.3 Å². The number of carbonyl (C=O) groups is 1. The van der Waals surface area contributed by atoms with Gasteiger partial charge in [-0.1, -0.05) is 12.1 Å². The van der Waals surface area contributed by atoms with Gasteiger partial charge in [0, 0.05) is 0 Å². The van der Waals surface area contributed by atoms with Crippen LogP contribution in [0.15, 0.2) is 24.3 Å². The van der Waals surface area contributed by atoms with Gasteiger partial charge in [0.2, 0.25) is 0 Å². The number of rotatable bonds is 7. The summed E-state index contributed by atoms with van der Waals surface area (Å²) in [6.45, 7) is 2.54. The molecule has 0 spiro atoms. The third kappa shape index (κ3) is 3.45. The smallest absolute Gasteiger partial charge is 0.322 e. The van der Waals surface area contributed by atoms with Crippen LogP contribution in [-0.4, -0.2) is 37.8 Å². The molecule has 3 N–H and O–H groups in total. The molecule has 1 rings (SSSR count). The molecule has 100 valence electrons. The van der Waals surface area contributed by atoms with E-state index in [-0.39, 0.29) is 6.04 Å². The maximum Gasteiger partial charge on any atom is 0.322 e. The molecule has 0 aromatic heterocycles. The molecule has 0 radical (unpaired) electrons. The molecule has 0 saturated carbocycles. The highest BCUT2D eigenvalue weighted by atomic mass is 16.5. The van der Waals surface area contributed by atoms with Crippen LogP contribution < -0.4 is 15.4 Å². The molecule has 0 heterocycles. The van der Waals surface area contributed by atoms with Crippen LogP contribution in [0, 0.1) is 0 Å². The number of hydrogen-bond acceptors (Lipinski definition) is 4. The number of carboxylic acid groups (broad SMARTS) is 1. The lowest BCUT2D eigenvalue weighted by Crippen LogP contribution is -2.44. The summed E-state index contributed by atoms with van der Waals surface area (Å²) in [6, 6.07) is 6.48.